The molecule has 196 valence electrons. The van der Waals surface area contributed by atoms with Gasteiger partial charge in [-0.1, -0.05) is 66.5 Å². The van der Waals surface area contributed by atoms with Crippen LogP contribution in [-0.4, -0.2) is 12.1 Å². The van der Waals surface area contributed by atoms with Crippen LogP contribution in [0.1, 0.15) is 85.6 Å². The molecule has 6 unspecified atom stereocenters. The van der Waals surface area contributed by atoms with Gasteiger partial charge in [0.25, 0.3) is 0 Å². The average Bonchev–Trinajstić information content (AvgIpc) is 2.83. The minimum absolute atomic E-state index is 0.616. The normalized spacial score (nSPS) is 29.2. The second-order valence-corrected chi connectivity index (χ2v) is 12.7. The highest BCUT2D eigenvalue weighted by atomic mass is 15.2. The SMILES string of the molecule is Cc1cccc(/N=N/c2ccc(N(C3CC(C)CCC3C(C)C)C3CC(C)CCC3C(C)C)cc2)c1. The number of azo groups is 1. The zero-order valence-electron chi connectivity index (χ0n) is 23.8. The van der Waals surface area contributed by atoms with E-state index in [1.54, 1.807) is 0 Å². The van der Waals surface area contributed by atoms with E-state index in [1.165, 1.54) is 49.8 Å². The number of anilines is 1. The number of nitrogens with zero attached hydrogens (tertiary/aromatic N) is 3. The van der Waals surface area contributed by atoms with Gasteiger partial charge in [0.2, 0.25) is 0 Å². The van der Waals surface area contributed by atoms with Crippen molar-refractivity contribution in [1.82, 2.24) is 0 Å². The molecule has 2 aromatic carbocycles. The summed E-state index contributed by atoms with van der Waals surface area (Å²) in [5, 5.41) is 9.05. The summed E-state index contributed by atoms with van der Waals surface area (Å²) in [5.74, 6) is 4.54. The first-order chi connectivity index (χ1) is 17.2. The summed E-state index contributed by atoms with van der Waals surface area (Å²) >= 11 is 0. The molecule has 0 N–H and O–H groups in total. The van der Waals surface area contributed by atoms with Gasteiger partial charge in [-0.15, -0.1) is 0 Å². The molecule has 2 aromatic rings. The van der Waals surface area contributed by atoms with Crippen LogP contribution in [0.4, 0.5) is 17.1 Å². The number of hydrogen-bond donors (Lipinski definition) is 0. The van der Waals surface area contributed by atoms with Crippen LogP contribution in [0.3, 0.4) is 0 Å². The molecule has 4 rings (SSSR count). The lowest BCUT2D eigenvalue weighted by molar-refractivity contribution is 0.136. The van der Waals surface area contributed by atoms with E-state index in [0.29, 0.717) is 23.9 Å². The minimum atomic E-state index is 0.616. The molecule has 0 radical (unpaired) electrons. The fraction of sp³-hybridized carbons (Fsp3) is 0.636. The predicted octanol–water partition coefficient (Wildman–Crippen LogP) is 10.1. The van der Waals surface area contributed by atoms with E-state index in [2.05, 4.69) is 100.0 Å². The second kappa shape index (κ2) is 11.9. The van der Waals surface area contributed by atoms with Crippen molar-refractivity contribution in [1.29, 1.82) is 0 Å². The average molecular weight is 488 g/mol. The molecule has 0 spiro atoms. The van der Waals surface area contributed by atoms with Gasteiger partial charge in [-0.05, 0) is 110 Å². The van der Waals surface area contributed by atoms with Gasteiger partial charge in [0.05, 0.1) is 11.4 Å². The second-order valence-electron chi connectivity index (χ2n) is 12.7. The van der Waals surface area contributed by atoms with Gasteiger partial charge in [-0.25, -0.2) is 0 Å². The smallest absolute Gasteiger partial charge is 0.0859 e. The summed E-state index contributed by atoms with van der Waals surface area (Å²) in [4.78, 5) is 2.92. The standard InChI is InChI=1S/C33H49N3/c1-22(2)30-17-11-25(6)20-32(30)36(33-21-26(7)12-18-31(33)23(3)4)29-15-13-27(14-16-29)34-35-28-10-8-9-24(5)19-28/h8-10,13-16,19,22-23,25-26,30-33H,11-12,17-18,20-21H2,1-7H3/b35-34+. The molecule has 2 fully saturated rings. The molecular weight excluding hydrogens is 438 g/mol. The van der Waals surface area contributed by atoms with Crippen LogP contribution in [0.25, 0.3) is 0 Å². The van der Waals surface area contributed by atoms with Crippen LogP contribution in [0.15, 0.2) is 58.8 Å². The van der Waals surface area contributed by atoms with Crippen molar-refractivity contribution in [2.75, 3.05) is 4.90 Å². The Kier molecular flexibility index (Phi) is 8.91. The summed E-state index contributed by atoms with van der Waals surface area (Å²) in [7, 11) is 0. The predicted molar refractivity (Wildman–Crippen MR) is 155 cm³/mol. The molecule has 0 amide bonds. The highest BCUT2D eigenvalue weighted by Gasteiger charge is 2.42. The van der Waals surface area contributed by atoms with E-state index in [0.717, 1.165) is 35.0 Å². The summed E-state index contributed by atoms with van der Waals surface area (Å²) in [6.07, 6.45) is 8.09. The van der Waals surface area contributed by atoms with Crippen molar-refractivity contribution in [2.45, 2.75) is 99.1 Å². The monoisotopic (exact) mass is 487 g/mol. The van der Waals surface area contributed by atoms with Crippen molar-refractivity contribution in [2.24, 2.45) is 45.7 Å². The summed E-state index contributed by atoms with van der Waals surface area (Å²) < 4.78 is 0. The third-order valence-electron chi connectivity index (χ3n) is 9.12. The lowest BCUT2D eigenvalue weighted by atomic mass is 9.69. The van der Waals surface area contributed by atoms with Gasteiger partial charge in [-0.3, -0.25) is 0 Å². The Labute approximate surface area is 220 Å². The maximum absolute atomic E-state index is 4.56. The molecule has 3 heteroatoms. The number of aryl methyl sites for hydroxylation is 1. The van der Waals surface area contributed by atoms with Crippen molar-refractivity contribution >= 4 is 17.1 Å². The minimum Gasteiger partial charge on any atom is -0.365 e. The number of hydrogen-bond acceptors (Lipinski definition) is 3. The maximum atomic E-state index is 4.56. The highest BCUT2D eigenvalue weighted by Crippen LogP contribution is 2.45. The molecule has 2 aliphatic carbocycles. The van der Waals surface area contributed by atoms with Crippen LogP contribution < -0.4 is 4.90 Å². The largest absolute Gasteiger partial charge is 0.365 e. The van der Waals surface area contributed by atoms with Gasteiger partial charge in [0.1, 0.15) is 0 Å². The van der Waals surface area contributed by atoms with E-state index in [1.807, 2.05) is 12.1 Å². The van der Waals surface area contributed by atoms with E-state index in [9.17, 15) is 0 Å². The Bertz CT molecular complexity index is 960. The first-order valence-corrected chi connectivity index (χ1v) is 14.6. The van der Waals surface area contributed by atoms with Crippen molar-refractivity contribution in [3.63, 3.8) is 0 Å². The lowest BCUT2D eigenvalue weighted by Gasteiger charge is -2.53. The van der Waals surface area contributed by atoms with Crippen molar-refractivity contribution in [3.8, 4) is 0 Å². The van der Waals surface area contributed by atoms with Gasteiger partial charge in [0.15, 0.2) is 0 Å². The van der Waals surface area contributed by atoms with Crippen LogP contribution in [0.5, 0.6) is 0 Å². The topological polar surface area (TPSA) is 28.0 Å². The van der Waals surface area contributed by atoms with Gasteiger partial charge in [0, 0.05) is 17.8 Å². The van der Waals surface area contributed by atoms with Gasteiger partial charge in [-0.2, -0.15) is 10.2 Å². The maximum Gasteiger partial charge on any atom is 0.0859 e. The first-order valence-electron chi connectivity index (χ1n) is 14.6. The molecule has 0 heterocycles. The van der Waals surface area contributed by atoms with Crippen LogP contribution >= 0.6 is 0 Å². The third-order valence-corrected chi connectivity index (χ3v) is 9.12. The van der Waals surface area contributed by atoms with Crippen LogP contribution in [0, 0.1) is 42.4 Å². The molecule has 0 bridgehead atoms. The molecule has 0 saturated heterocycles. The fourth-order valence-electron chi connectivity index (χ4n) is 7.07. The fourth-order valence-corrected chi connectivity index (χ4v) is 7.07. The first kappa shape index (κ1) is 26.9. The summed E-state index contributed by atoms with van der Waals surface area (Å²) in [6, 6.07) is 18.5. The molecule has 0 aromatic heterocycles. The zero-order valence-corrected chi connectivity index (χ0v) is 23.8. The summed E-state index contributed by atoms with van der Waals surface area (Å²) in [6.45, 7) is 16.8. The molecule has 0 aliphatic heterocycles. The Morgan fingerprint density at radius 3 is 1.72 bits per heavy atom. The zero-order chi connectivity index (χ0) is 25.8. The molecule has 6 atom stereocenters. The Morgan fingerprint density at radius 1 is 0.694 bits per heavy atom. The quantitative estimate of drug-likeness (QED) is 0.357. The molecule has 2 aliphatic rings. The van der Waals surface area contributed by atoms with Gasteiger partial charge < -0.3 is 4.90 Å². The van der Waals surface area contributed by atoms with E-state index < -0.39 is 0 Å². The lowest BCUT2D eigenvalue weighted by Crippen LogP contribution is -2.55. The Hall–Kier alpha value is -2.16. The number of rotatable bonds is 7. The Balaban J connectivity index is 1.68. The van der Waals surface area contributed by atoms with Gasteiger partial charge >= 0.3 is 0 Å². The Morgan fingerprint density at radius 2 is 1.22 bits per heavy atom. The molecular formula is C33H49N3. The molecule has 2 saturated carbocycles. The van der Waals surface area contributed by atoms with E-state index in [-0.39, 0.29) is 0 Å². The van der Waals surface area contributed by atoms with Crippen LogP contribution in [-0.2, 0) is 0 Å². The van der Waals surface area contributed by atoms with Crippen molar-refractivity contribution in [3.05, 3.63) is 54.1 Å². The van der Waals surface area contributed by atoms with E-state index in [4.69, 9.17) is 0 Å². The highest BCUT2D eigenvalue weighted by molar-refractivity contribution is 5.55. The van der Waals surface area contributed by atoms with Crippen LogP contribution in [0.2, 0.25) is 0 Å². The third kappa shape index (κ3) is 6.39. The summed E-state index contributed by atoms with van der Waals surface area (Å²) in [5.41, 5.74) is 4.43. The van der Waals surface area contributed by atoms with Crippen molar-refractivity contribution < 1.29 is 0 Å². The molecule has 36 heavy (non-hydrogen) atoms. The molecule has 3 nitrogen and oxygen atoms in total. The van der Waals surface area contributed by atoms with E-state index >= 15 is 0 Å². The number of benzene rings is 2.